The number of nitrogens with zero attached hydrogens (tertiary/aromatic N) is 1. The monoisotopic (exact) mass is 412 g/mol. The molecule has 0 heterocycles. The maximum absolute atomic E-state index is 13.1. The lowest BCUT2D eigenvalue weighted by Gasteiger charge is -2.17. The van der Waals surface area contributed by atoms with Crippen molar-refractivity contribution in [3.63, 3.8) is 0 Å². The molecule has 2 rings (SSSR count). The zero-order valence-corrected chi connectivity index (χ0v) is 14.7. The quantitative estimate of drug-likeness (QED) is 0.758. The third-order valence-corrected chi connectivity index (χ3v) is 3.89. The van der Waals surface area contributed by atoms with Gasteiger partial charge in [0.05, 0.1) is 6.54 Å². The molecule has 0 unspecified atom stereocenters. The van der Waals surface area contributed by atoms with Crippen LogP contribution in [0, 0.1) is 16.3 Å². The van der Waals surface area contributed by atoms with Crippen LogP contribution in [-0.2, 0) is 11.3 Å². The average Bonchev–Trinajstić information content (AvgIpc) is 2.41. The van der Waals surface area contributed by atoms with Gasteiger partial charge in [-0.2, -0.15) is 0 Å². The fraction of sp³-hybridized carbons (Fsp3) is 0.235. The number of aryl methyl sites for hydroxylation is 1. The van der Waals surface area contributed by atoms with Gasteiger partial charge in [0.25, 0.3) is 0 Å². The molecule has 5 heteroatoms. The first-order valence-electron chi connectivity index (χ1n) is 6.93. The molecule has 0 aliphatic carbocycles. The summed E-state index contributed by atoms with van der Waals surface area (Å²) in [7, 11) is 1.84. The molecular formula is C17H18FIN2O. The highest BCUT2D eigenvalue weighted by Crippen LogP contribution is 2.17. The second-order valence-corrected chi connectivity index (χ2v) is 6.56. The second-order valence-electron chi connectivity index (χ2n) is 5.31. The van der Waals surface area contributed by atoms with Gasteiger partial charge in [-0.25, -0.2) is 4.39 Å². The lowest BCUT2D eigenvalue weighted by Crippen LogP contribution is -2.30. The van der Waals surface area contributed by atoms with Crippen molar-refractivity contribution in [1.29, 1.82) is 0 Å². The zero-order valence-electron chi connectivity index (χ0n) is 12.6. The SMILES string of the molecule is Cc1cc(I)ccc1NC(=O)CN(C)Cc1cccc(F)c1. The van der Waals surface area contributed by atoms with Gasteiger partial charge in [0.1, 0.15) is 5.82 Å². The molecule has 0 saturated heterocycles. The molecule has 22 heavy (non-hydrogen) atoms. The lowest BCUT2D eigenvalue weighted by atomic mass is 10.2. The largest absolute Gasteiger partial charge is 0.325 e. The first-order chi connectivity index (χ1) is 10.4. The topological polar surface area (TPSA) is 32.3 Å². The molecule has 0 radical (unpaired) electrons. The van der Waals surface area contributed by atoms with Gasteiger partial charge < -0.3 is 5.32 Å². The number of carbonyl (C=O) groups excluding carboxylic acids is 1. The summed E-state index contributed by atoms with van der Waals surface area (Å²) < 4.78 is 14.3. The predicted molar refractivity (Wildman–Crippen MR) is 95.3 cm³/mol. The van der Waals surface area contributed by atoms with Crippen LogP contribution in [0.1, 0.15) is 11.1 Å². The first kappa shape index (κ1) is 16.9. The van der Waals surface area contributed by atoms with E-state index in [1.807, 2.05) is 43.1 Å². The van der Waals surface area contributed by atoms with E-state index in [0.29, 0.717) is 6.54 Å². The molecule has 0 atom stereocenters. The molecule has 116 valence electrons. The summed E-state index contributed by atoms with van der Waals surface area (Å²) >= 11 is 2.24. The Balaban J connectivity index is 1.91. The molecule has 2 aromatic rings. The Morgan fingerprint density at radius 3 is 2.73 bits per heavy atom. The van der Waals surface area contributed by atoms with Gasteiger partial charge in [-0.05, 0) is 78.0 Å². The van der Waals surface area contributed by atoms with Gasteiger partial charge in [-0.3, -0.25) is 9.69 Å². The van der Waals surface area contributed by atoms with Crippen molar-refractivity contribution in [1.82, 2.24) is 4.90 Å². The molecule has 3 nitrogen and oxygen atoms in total. The van der Waals surface area contributed by atoms with Gasteiger partial charge in [-0.15, -0.1) is 0 Å². The molecule has 0 aliphatic heterocycles. The van der Waals surface area contributed by atoms with E-state index in [1.165, 1.54) is 12.1 Å². The van der Waals surface area contributed by atoms with Crippen LogP contribution in [0.25, 0.3) is 0 Å². The number of likely N-dealkylation sites (N-methyl/N-ethyl adjacent to an activating group) is 1. The summed E-state index contributed by atoms with van der Waals surface area (Å²) in [5, 5.41) is 2.91. The number of anilines is 1. The van der Waals surface area contributed by atoms with Crippen molar-refractivity contribution < 1.29 is 9.18 Å². The van der Waals surface area contributed by atoms with Crippen LogP contribution in [0.15, 0.2) is 42.5 Å². The maximum atomic E-state index is 13.1. The summed E-state index contributed by atoms with van der Waals surface area (Å²) in [6, 6.07) is 12.3. The van der Waals surface area contributed by atoms with Crippen molar-refractivity contribution in [3.05, 3.63) is 63.0 Å². The Morgan fingerprint density at radius 2 is 2.05 bits per heavy atom. The molecule has 0 aromatic heterocycles. The van der Waals surface area contributed by atoms with Crippen molar-refractivity contribution in [2.24, 2.45) is 0 Å². The Bertz CT molecular complexity index is 675. The van der Waals surface area contributed by atoms with Crippen LogP contribution in [0.4, 0.5) is 10.1 Å². The van der Waals surface area contributed by atoms with Gasteiger partial charge >= 0.3 is 0 Å². The first-order valence-corrected chi connectivity index (χ1v) is 8.01. The van der Waals surface area contributed by atoms with Crippen LogP contribution >= 0.6 is 22.6 Å². The summed E-state index contributed by atoms with van der Waals surface area (Å²) in [4.78, 5) is 13.9. The van der Waals surface area contributed by atoms with E-state index < -0.39 is 0 Å². The highest BCUT2D eigenvalue weighted by Gasteiger charge is 2.09. The summed E-state index contributed by atoms with van der Waals surface area (Å²) in [5.74, 6) is -0.340. The number of halogens is 2. The highest BCUT2D eigenvalue weighted by atomic mass is 127. The van der Waals surface area contributed by atoms with Crippen molar-refractivity contribution in [2.45, 2.75) is 13.5 Å². The van der Waals surface area contributed by atoms with Gasteiger partial charge in [-0.1, -0.05) is 12.1 Å². The molecule has 0 aliphatic rings. The number of carbonyl (C=O) groups is 1. The molecule has 0 fully saturated rings. The second kappa shape index (κ2) is 7.69. The minimum absolute atomic E-state index is 0.0804. The van der Waals surface area contributed by atoms with E-state index in [4.69, 9.17) is 0 Å². The van der Waals surface area contributed by atoms with Gasteiger partial charge in [0.2, 0.25) is 5.91 Å². The number of benzene rings is 2. The minimum Gasteiger partial charge on any atom is -0.325 e. The zero-order chi connectivity index (χ0) is 16.1. The van der Waals surface area contributed by atoms with Crippen LogP contribution in [0.2, 0.25) is 0 Å². The normalized spacial score (nSPS) is 10.8. The van der Waals surface area contributed by atoms with E-state index in [-0.39, 0.29) is 18.3 Å². The van der Waals surface area contributed by atoms with Crippen LogP contribution < -0.4 is 5.32 Å². The fourth-order valence-corrected chi connectivity index (χ4v) is 2.85. The predicted octanol–water partition coefficient (Wildman–Crippen LogP) is 3.81. The van der Waals surface area contributed by atoms with E-state index >= 15 is 0 Å². The van der Waals surface area contributed by atoms with E-state index in [0.717, 1.165) is 20.4 Å². The standard InChI is InChI=1S/C17H18FIN2O/c1-12-8-15(19)6-7-16(12)20-17(22)11-21(2)10-13-4-3-5-14(18)9-13/h3-9H,10-11H2,1-2H3,(H,20,22). The summed E-state index contributed by atoms with van der Waals surface area (Å²) in [6.07, 6.45) is 0. The Hall–Kier alpha value is -1.47. The fourth-order valence-electron chi connectivity index (χ4n) is 2.21. The smallest absolute Gasteiger partial charge is 0.238 e. The molecule has 0 saturated carbocycles. The summed E-state index contributed by atoms with van der Waals surface area (Å²) in [5.41, 5.74) is 2.71. The number of hydrogen-bond donors (Lipinski definition) is 1. The van der Waals surface area contributed by atoms with E-state index in [9.17, 15) is 9.18 Å². The third kappa shape index (κ3) is 5.06. The Kier molecular flexibility index (Phi) is 5.90. The van der Waals surface area contributed by atoms with Gasteiger partial charge in [0, 0.05) is 15.8 Å². The third-order valence-electron chi connectivity index (χ3n) is 3.22. The van der Waals surface area contributed by atoms with Crippen LogP contribution in [0.5, 0.6) is 0 Å². The number of nitrogens with one attached hydrogen (secondary N) is 1. The molecule has 0 bridgehead atoms. The Labute approximate surface area is 143 Å². The highest BCUT2D eigenvalue weighted by molar-refractivity contribution is 14.1. The van der Waals surface area contributed by atoms with E-state index in [2.05, 4.69) is 27.9 Å². The van der Waals surface area contributed by atoms with E-state index in [1.54, 1.807) is 6.07 Å². The van der Waals surface area contributed by atoms with Gasteiger partial charge in [0.15, 0.2) is 0 Å². The average molecular weight is 412 g/mol. The molecule has 0 spiro atoms. The maximum Gasteiger partial charge on any atom is 0.238 e. The van der Waals surface area contributed by atoms with Crippen molar-refractivity contribution in [2.75, 3.05) is 18.9 Å². The van der Waals surface area contributed by atoms with Crippen molar-refractivity contribution >= 4 is 34.2 Å². The number of amides is 1. The molecular weight excluding hydrogens is 394 g/mol. The molecule has 1 amide bonds. The lowest BCUT2D eigenvalue weighted by molar-refractivity contribution is -0.117. The minimum atomic E-state index is -0.259. The van der Waals surface area contributed by atoms with Crippen molar-refractivity contribution in [3.8, 4) is 0 Å². The van der Waals surface area contributed by atoms with Crippen LogP contribution in [0.3, 0.4) is 0 Å². The molecule has 2 aromatic carbocycles. The molecule has 1 N–H and O–H groups in total. The Morgan fingerprint density at radius 1 is 1.27 bits per heavy atom. The van der Waals surface area contributed by atoms with Crippen LogP contribution in [-0.4, -0.2) is 24.4 Å². The number of hydrogen-bond acceptors (Lipinski definition) is 2. The summed E-state index contributed by atoms with van der Waals surface area (Å²) in [6.45, 7) is 2.74. The number of rotatable bonds is 5.